The Kier molecular flexibility index (Phi) is 11.6. The molecule has 1 N–H and O–H groups in total. The van der Waals surface area contributed by atoms with Crippen LogP contribution in [0.5, 0.6) is 0 Å². The number of aromatic nitrogens is 2. The predicted octanol–water partition coefficient (Wildman–Crippen LogP) is 9.86. The van der Waals surface area contributed by atoms with Crippen LogP contribution in [0.1, 0.15) is 98.7 Å². The Bertz CT molecular complexity index is 2010. The van der Waals surface area contributed by atoms with E-state index in [-0.39, 0.29) is 0 Å². The standard InChI is InChI=1S/C35H36N2O2.C9H18N2O/c1-4-20-37-32-21-25(35(38)39)14-15-29(32)33(24-11-6-5-7-12-24)34(37)28-17-19-31-27(23(28)3)16-18-30(36-31)26-13-9-8-10-22(26)2;1-3-9(12)11-7-5-10(4-2)6-8-11/h8-10,13-19,21,24H,4-7,11-12,20H2,1-3H3,(H,38,39);3-8H2,1-2H3. The number of hydrogen-bond acceptors (Lipinski definition) is 4. The molecule has 1 amide bonds. The first-order valence-electron chi connectivity index (χ1n) is 19.1. The second-order valence-corrected chi connectivity index (χ2v) is 14.3. The lowest BCUT2D eigenvalue weighted by Gasteiger charge is -2.33. The van der Waals surface area contributed by atoms with Gasteiger partial charge in [-0.1, -0.05) is 82.5 Å². The van der Waals surface area contributed by atoms with E-state index >= 15 is 0 Å². The summed E-state index contributed by atoms with van der Waals surface area (Å²) < 4.78 is 2.40. The zero-order valence-corrected chi connectivity index (χ0v) is 31.2. The first-order chi connectivity index (χ1) is 24.7. The van der Waals surface area contributed by atoms with Crippen LogP contribution in [0.25, 0.3) is 44.3 Å². The highest BCUT2D eigenvalue weighted by molar-refractivity contribution is 6.00. The highest BCUT2D eigenvalue weighted by Gasteiger charge is 2.28. The van der Waals surface area contributed by atoms with Gasteiger partial charge in [0.1, 0.15) is 0 Å². The van der Waals surface area contributed by atoms with Crippen LogP contribution < -0.4 is 0 Å². The molecule has 7 heteroatoms. The Morgan fingerprint density at radius 3 is 2.22 bits per heavy atom. The molecule has 7 nitrogen and oxygen atoms in total. The van der Waals surface area contributed by atoms with Crippen LogP contribution in [0.3, 0.4) is 0 Å². The molecule has 1 saturated carbocycles. The molecule has 0 unspecified atom stereocenters. The van der Waals surface area contributed by atoms with E-state index in [2.05, 4.69) is 91.8 Å². The van der Waals surface area contributed by atoms with Crippen LogP contribution in [0, 0.1) is 13.8 Å². The van der Waals surface area contributed by atoms with E-state index in [1.54, 1.807) is 6.07 Å². The molecular formula is C44H54N4O3. The maximum absolute atomic E-state index is 11.9. The molecule has 0 spiro atoms. The highest BCUT2D eigenvalue weighted by atomic mass is 16.4. The van der Waals surface area contributed by atoms with Crippen LogP contribution in [-0.2, 0) is 11.3 Å². The number of piperazine rings is 1. The molecule has 3 heterocycles. The van der Waals surface area contributed by atoms with Crippen molar-refractivity contribution in [1.29, 1.82) is 0 Å². The van der Waals surface area contributed by atoms with Gasteiger partial charge in [-0.2, -0.15) is 0 Å². The zero-order chi connectivity index (χ0) is 36.1. The summed E-state index contributed by atoms with van der Waals surface area (Å²) in [7, 11) is 0. The van der Waals surface area contributed by atoms with E-state index in [0.717, 1.165) is 68.0 Å². The summed E-state index contributed by atoms with van der Waals surface area (Å²) >= 11 is 0. The minimum Gasteiger partial charge on any atom is -0.478 e. The van der Waals surface area contributed by atoms with Gasteiger partial charge < -0.3 is 19.5 Å². The Morgan fingerprint density at radius 1 is 0.824 bits per heavy atom. The van der Waals surface area contributed by atoms with Gasteiger partial charge in [0, 0.05) is 66.6 Å². The van der Waals surface area contributed by atoms with Gasteiger partial charge in [-0.3, -0.25) is 4.79 Å². The Hall–Kier alpha value is -4.49. The van der Waals surface area contributed by atoms with Gasteiger partial charge in [0.15, 0.2) is 0 Å². The Morgan fingerprint density at radius 2 is 1.55 bits per heavy atom. The molecular weight excluding hydrogens is 633 g/mol. The third-order valence-corrected chi connectivity index (χ3v) is 11.1. The van der Waals surface area contributed by atoms with Crippen molar-refractivity contribution in [3.05, 3.63) is 89.0 Å². The van der Waals surface area contributed by atoms with Gasteiger partial charge in [0.25, 0.3) is 0 Å². The number of carboxylic acid groups (broad SMARTS) is 1. The van der Waals surface area contributed by atoms with Crippen molar-refractivity contribution in [3.8, 4) is 22.5 Å². The van der Waals surface area contributed by atoms with E-state index in [0.29, 0.717) is 23.8 Å². The Labute approximate surface area is 303 Å². The number of pyridine rings is 1. The molecule has 1 saturated heterocycles. The molecule has 2 aromatic heterocycles. The smallest absolute Gasteiger partial charge is 0.335 e. The minimum absolute atomic E-state index is 0.297. The molecule has 0 atom stereocenters. The quantitative estimate of drug-likeness (QED) is 0.176. The number of fused-ring (bicyclic) bond motifs is 2. The van der Waals surface area contributed by atoms with E-state index in [1.807, 2.05) is 17.9 Å². The molecule has 51 heavy (non-hydrogen) atoms. The number of benzene rings is 3. The number of amides is 1. The first kappa shape index (κ1) is 36.3. The molecule has 7 rings (SSSR count). The monoisotopic (exact) mass is 686 g/mol. The van der Waals surface area contributed by atoms with Gasteiger partial charge in [-0.15, -0.1) is 0 Å². The number of aryl methyl sites for hydroxylation is 3. The van der Waals surface area contributed by atoms with Crippen molar-refractivity contribution in [1.82, 2.24) is 19.4 Å². The van der Waals surface area contributed by atoms with Crippen LogP contribution >= 0.6 is 0 Å². The maximum Gasteiger partial charge on any atom is 0.335 e. The van der Waals surface area contributed by atoms with Crippen LogP contribution in [0.15, 0.2) is 66.7 Å². The van der Waals surface area contributed by atoms with Crippen molar-refractivity contribution >= 4 is 33.7 Å². The average Bonchev–Trinajstić information content (AvgIpc) is 3.48. The second-order valence-electron chi connectivity index (χ2n) is 14.3. The van der Waals surface area contributed by atoms with E-state index < -0.39 is 5.97 Å². The van der Waals surface area contributed by atoms with Gasteiger partial charge in [0.2, 0.25) is 5.91 Å². The minimum atomic E-state index is -0.876. The predicted molar refractivity (Wildman–Crippen MR) is 210 cm³/mol. The number of rotatable bonds is 8. The number of carbonyl (C=O) groups excluding carboxylic acids is 1. The number of likely N-dealkylation sites (N-methyl/N-ethyl adjacent to an activating group) is 1. The molecule has 2 fully saturated rings. The lowest BCUT2D eigenvalue weighted by molar-refractivity contribution is -0.132. The molecule has 3 aromatic carbocycles. The lowest BCUT2D eigenvalue weighted by Crippen LogP contribution is -2.48. The van der Waals surface area contributed by atoms with Crippen molar-refractivity contribution in [3.63, 3.8) is 0 Å². The third-order valence-electron chi connectivity index (χ3n) is 11.1. The molecule has 268 valence electrons. The SMILES string of the molecule is CCC(=O)N1CCN(CC)CC1.CCCn1c(-c2ccc3nc(-c4ccccc4C)ccc3c2C)c(C2CCCCC2)c2ccc(C(=O)O)cc21. The van der Waals surface area contributed by atoms with E-state index in [9.17, 15) is 14.7 Å². The van der Waals surface area contributed by atoms with Crippen LogP contribution in [0.2, 0.25) is 0 Å². The fraction of sp³-hybridized carbons (Fsp3) is 0.432. The number of carbonyl (C=O) groups is 2. The van der Waals surface area contributed by atoms with Crippen molar-refractivity contribution < 1.29 is 14.7 Å². The third kappa shape index (κ3) is 7.59. The first-order valence-corrected chi connectivity index (χ1v) is 19.1. The fourth-order valence-electron chi connectivity index (χ4n) is 8.22. The molecule has 0 radical (unpaired) electrons. The topological polar surface area (TPSA) is 78.7 Å². The van der Waals surface area contributed by atoms with Crippen LogP contribution in [0.4, 0.5) is 0 Å². The highest BCUT2D eigenvalue weighted by Crippen LogP contribution is 2.46. The van der Waals surface area contributed by atoms with Gasteiger partial charge >= 0.3 is 5.97 Å². The van der Waals surface area contributed by atoms with Crippen LogP contribution in [-0.4, -0.2) is 69.1 Å². The molecule has 2 aliphatic rings. The molecule has 0 bridgehead atoms. The number of aromatic carboxylic acids is 1. The normalized spacial score (nSPS) is 15.6. The summed E-state index contributed by atoms with van der Waals surface area (Å²) in [6.45, 7) is 16.5. The summed E-state index contributed by atoms with van der Waals surface area (Å²) in [5, 5.41) is 12.2. The summed E-state index contributed by atoms with van der Waals surface area (Å²) in [5.41, 5.74) is 10.9. The largest absolute Gasteiger partial charge is 0.478 e. The zero-order valence-electron chi connectivity index (χ0n) is 31.2. The van der Waals surface area contributed by atoms with Gasteiger partial charge in [0.05, 0.1) is 22.5 Å². The molecule has 1 aliphatic heterocycles. The number of nitrogens with zero attached hydrogens (tertiary/aromatic N) is 4. The van der Waals surface area contributed by atoms with Crippen molar-refractivity contribution in [2.45, 2.75) is 92.0 Å². The second kappa shape index (κ2) is 16.2. The fourth-order valence-corrected chi connectivity index (χ4v) is 8.22. The van der Waals surface area contributed by atoms with Crippen molar-refractivity contribution in [2.75, 3.05) is 32.7 Å². The van der Waals surface area contributed by atoms with Crippen molar-refractivity contribution in [2.24, 2.45) is 0 Å². The maximum atomic E-state index is 11.9. The summed E-state index contributed by atoms with van der Waals surface area (Å²) in [6, 6.07) is 22.9. The number of hydrogen-bond donors (Lipinski definition) is 1. The van der Waals surface area contributed by atoms with E-state index in [4.69, 9.17) is 4.98 Å². The Balaban J connectivity index is 0.000000318. The van der Waals surface area contributed by atoms with Gasteiger partial charge in [-0.25, -0.2) is 9.78 Å². The summed E-state index contributed by atoms with van der Waals surface area (Å²) in [4.78, 5) is 32.6. The number of carboxylic acids is 1. The molecule has 1 aliphatic carbocycles. The summed E-state index contributed by atoms with van der Waals surface area (Å²) in [5.74, 6) is -0.0910. The average molecular weight is 687 g/mol. The van der Waals surface area contributed by atoms with Gasteiger partial charge in [-0.05, 0) is 86.5 Å². The van der Waals surface area contributed by atoms with E-state index in [1.165, 1.54) is 70.8 Å². The summed E-state index contributed by atoms with van der Waals surface area (Å²) in [6.07, 6.45) is 7.80. The lowest BCUT2D eigenvalue weighted by atomic mass is 9.81. The molecule has 5 aromatic rings.